The lowest BCUT2D eigenvalue weighted by Gasteiger charge is -2.46. The number of carbonyl (C=O) groups is 4. The predicted molar refractivity (Wildman–Crippen MR) is 202 cm³/mol. The quantitative estimate of drug-likeness (QED) is 0.115. The molecule has 6 atom stereocenters. The Morgan fingerprint density at radius 1 is 0.839 bits per heavy atom. The maximum absolute atomic E-state index is 15.7. The van der Waals surface area contributed by atoms with Crippen LogP contribution < -0.4 is 15.4 Å². The van der Waals surface area contributed by atoms with E-state index in [-0.39, 0.29) is 50.7 Å². The molecule has 4 aromatic rings. The number of hydrogen-bond donors (Lipinski definition) is 3. The van der Waals surface area contributed by atoms with Crippen molar-refractivity contribution in [2.45, 2.75) is 36.1 Å². The second kappa shape index (κ2) is 16.4. The van der Waals surface area contributed by atoms with Crippen LogP contribution in [0.5, 0.6) is 5.75 Å². The average Bonchev–Trinajstić information content (AvgIpc) is 3.67. The van der Waals surface area contributed by atoms with Gasteiger partial charge in [0.25, 0.3) is 0 Å². The summed E-state index contributed by atoms with van der Waals surface area (Å²) in [5, 5.41) is 19.0. The van der Waals surface area contributed by atoms with Gasteiger partial charge in [-0.15, -0.1) is 0 Å². The molecule has 13 heteroatoms. The number of hydrogen-bond acceptors (Lipinski definition) is 11. The fraction of sp³-hybridized carbons (Fsp3) is 0.302. The van der Waals surface area contributed by atoms with Gasteiger partial charge in [0.05, 0.1) is 43.5 Å². The second-order valence-electron chi connectivity index (χ2n) is 13.6. The number of nitrogens with two attached hydrogens (primary N) is 1. The number of rotatable bonds is 11. The zero-order valence-corrected chi connectivity index (χ0v) is 30.6. The van der Waals surface area contributed by atoms with Gasteiger partial charge in [-0.2, -0.15) is 0 Å². The van der Waals surface area contributed by atoms with E-state index in [0.29, 0.717) is 22.4 Å². The summed E-state index contributed by atoms with van der Waals surface area (Å²) in [7, 11) is 1.44. The molecule has 6 unspecified atom stereocenters. The Morgan fingerprint density at radius 3 is 2.23 bits per heavy atom. The van der Waals surface area contributed by atoms with Gasteiger partial charge < -0.3 is 34.9 Å². The van der Waals surface area contributed by atoms with E-state index in [0.717, 1.165) is 10.5 Å². The number of cyclic esters (lactones) is 1. The molecule has 0 aliphatic carbocycles. The summed E-state index contributed by atoms with van der Waals surface area (Å²) in [5.74, 6) is 2.09. The summed E-state index contributed by atoms with van der Waals surface area (Å²) < 4.78 is 22.8. The highest BCUT2D eigenvalue weighted by atomic mass is 16.6. The third-order valence-electron chi connectivity index (χ3n) is 10.5. The maximum atomic E-state index is 15.7. The number of fused-ring (bicyclic) bond motifs is 3. The van der Waals surface area contributed by atoms with Gasteiger partial charge in [0.1, 0.15) is 36.5 Å². The molecule has 7 rings (SSSR count). The lowest BCUT2D eigenvalue weighted by atomic mass is 9.65. The molecule has 2 saturated heterocycles. The highest BCUT2D eigenvalue weighted by Gasteiger charge is 2.75. The number of carbonyl (C=O) groups excluding carboxylic acids is 4. The van der Waals surface area contributed by atoms with E-state index in [9.17, 15) is 24.6 Å². The number of primary amides is 1. The van der Waals surface area contributed by atoms with Gasteiger partial charge in [0.15, 0.2) is 0 Å². The number of nitrogens with zero attached hydrogens (tertiary/aromatic N) is 2. The van der Waals surface area contributed by atoms with E-state index in [1.165, 1.54) is 7.11 Å². The van der Waals surface area contributed by atoms with Crippen LogP contribution >= 0.6 is 0 Å². The molecule has 288 valence electrons. The third kappa shape index (κ3) is 6.56. The number of ether oxygens (including phenoxy) is 4. The number of anilines is 1. The molecule has 0 saturated carbocycles. The minimum Gasteiger partial charge on any atom is -0.491 e. The van der Waals surface area contributed by atoms with Crippen molar-refractivity contribution in [3.8, 4) is 17.6 Å². The van der Waals surface area contributed by atoms with Crippen LogP contribution in [-0.2, 0) is 34.0 Å². The van der Waals surface area contributed by atoms with Crippen molar-refractivity contribution in [1.29, 1.82) is 0 Å². The lowest BCUT2D eigenvalue weighted by Crippen LogP contribution is -2.55. The van der Waals surface area contributed by atoms with E-state index >= 15 is 4.79 Å². The first-order chi connectivity index (χ1) is 27.3. The van der Waals surface area contributed by atoms with Crippen molar-refractivity contribution in [3.05, 3.63) is 131 Å². The number of benzene rings is 4. The Hall–Kier alpha value is -6.04. The molecule has 13 nitrogen and oxygen atoms in total. The van der Waals surface area contributed by atoms with Crippen LogP contribution in [0.2, 0.25) is 0 Å². The van der Waals surface area contributed by atoms with Crippen molar-refractivity contribution in [1.82, 2.24) is 4.90 Å². The Labute approximate surface area is 323 Å². The van der Waals surface area contributed by atoms with E-state index in [4.69, 9.17) is 24.7 Å². The maximum Gasteiger partial charge on any atom is 0.421 e. The number of morpholine rings is 1. The number of esters is 1. The van der Waals surface area contributed by atoms with Crippen LogP contribution in [0.1, 0.15) is 52.4 Å². The standard InChI is InChI=1S/C43H41N3O10/c1-53-23-24-55-42(52)45-33-19-18-27(11-8-9-20-47)25-32(33)43(41(45)51)34(39(44)49)36-40(50)56-37(29-14-6-3-7-15-29)35(28-12-4-2-5-13-28)46(36)38(43)30-16-10-17-31(26-30)54-22-21-48/h2-7,10,12-19,25-26,34-38,47-48H,9,20-24H2,1H3,(H2,44,49). The molecule has 4 N–H and O–H groups in total. The zero-order valence-electron chi connectivity index (χ0n) is 30.6. The summed E-state index contributed by atoms with van der Waals surface area (Å²) in [4.78, 5) is 61.4. The Balaban J connectivity index is 1.56. The fourth-order valence-electron chi connectivity index (χ4n) is 8.43. The van der Waals surface area contributed by atoms with Gasteiger partial charge in [-0.05, 0) is 52.6 Å². The van der Waals surface area contributed by atoms with Crippen LogP contribution in [-0.4, -0.2) is 85.2 Å². The summed E-state index contributed by atoms with van der Waals surface area (Å²) in [6.45, 7) is -0.579. The molecule has 56 heavy (non-hydrogen) atoms. The second-order valence-corrected chi connectivity index (χ2v) is 13.6. The molecule has 3 aliphatic heterocycles. The third-order valence-corrected chi connectivity index (χ3v) is 10.5. The molecular formula is C43H41N3O10. The van der Waals surface area contributed by atoms with Crippen molar-refractivity contribution in [3.63, 3.8) is 0 Å². The monoisotopic (exact) mass is 759 g/mol. The molecule has 3 amide bonds. The average molecular weight is 760 g/mol. The summed E-state index contributed by atoms with van der Waals surface area (Å²) in [6.07, 6.45) is -1.75. The number of amides is 3. The summed E-state index contributed by atoms with van der Waals surface area (Å²) in [5.41, 5.74) is 6.96. The fourth-order valence-corrected chi connectivity index (χ4v) is 8.43. The topological polar surface area (TPSA) is 178 Å². The first-order valence-corrected chi connectivity index (χ1v) is 18.2. The summed E-state index contributed by atoms with van der Waals surface area (Å²) >= 11 is 0. The number of aliphatic hydroxyl groups excluding tert-OH is 2. The molecule has 0 bridgehead atoms. The Morgan fingerprint density at radius 2 is 1.55 bits per heavy atom. The van der Waals surface area contributed by atoms with Gasteiger partial charge in [-0.25, -0.2) is 9.69 Å². The minimum absolute atomic E-state index is 0.0245. The highest BCUT2D eigenvalue weighted by molar-refractivity contribution is 6.23. The van der Waals surface area contributed by atoms with Crippen LogP contribution in [0.4, 0.5) is 10.5 Å². The van der Waals surface area contributed by atoms with E-state index in [2.05, 4.69) is 11.8 Å². The Kier molecular flexibility index (Phi) is 11.2. The number of methoxy groups -OCH3 is 1. The minimum atomic E-state index is -2.05. The molecule has 3 heterocycles. The largest absolute Gasteiger partial charge is 0.491 e. The molecule has 1 spiro atoms. The number of aliphatic hydroxyl groups is 2. The molecule has 2 fully saturated rings. The van der Waals surface area contributed by atoms with Crippen molar-refractivity contribution in [2.75, 3.05) is 45.0 Å². The zero-order chi connectivity index (χ0) is 39.4. The van der Waals surface area contributed by atoms with E-state index < -0.39 is 59.4 Å². The van der Waals surface area contributed by atoms with Crippen LogP contribution in [0.3, 0.4) is 0 Å². The first-order valence-electron chi connectivity index (χ1n) is 18.2. The van der Waals surface area contributed by atoms with Crippen LogP contribution in [0.15, 0.2) is 103 Å². The normalized spacial score (nSPS) is 23.8. The van der Waals surface area contributed by atoms with Gasteiger partial charge in [-0.1, -0.05) is 84.6 Å². The van der Waals surface area contributed by atoms with Gasteiger partial charge in [-0.3, -0.25) is 19.3 Å². The lowest BCUT2D eigenvalue weighted by molar-refractivity contribution is -0.178. The van der Waals surface area contributed by atoms with Gasteiger partial charge in [0.2, 0.25) is 11.8 Å². The highest BCUT2D eigenvalue weighted by Crippen LogP contribution is 2.65. The first kappa shape index (κ1) is 38.2. The van der Waals surface area contributed by atoms with Crippen molar-refractivity contribution >= 4 is 29.6 Å². The smallest absolute Gasteiger partial charge is 0.421 e. The van der Waals surface area contributed by atoms with Crippen molar-refractivity contribution < 1.29 is 48.3 Å². The molecule has 3 aliphatic rings. The van der Waals surface area contributed by atoms with Crippen molar-refractivity contribution in [2.24, 2.45) is 11.7 Å². The van der Waals surface area contributed by atoms with Gasteiger partial charge >= 0.3 is 12.1 Å². The summed E-state index contributed by atoms with van der Waals surface area (Å²) in [6, 6.07) is 26.8. The van der Waals surface area contributed by atoms with E-state index in [1.54, 1.807) is 42.5 Å². The molecule has 0 aromatic heterocycles. The molecule has 4 aromatic carbocycles. The van der Waals surface area contributed by atoms with Crippen LogP contribution in [0, 0.1) is 17.8 Å². The van der Waals surface area contributed by atoms with E-state index in [1.807, 2.05) is 65.6 Å². The Bertz CT molecular complexity index is 2170. The molecule has 0 radical (unpaired) electrons. The van der Waals surface area contributed by atoms with Crippen LogP contribution in [0.25, 0.3) is 0 Å². The predicted octanol–water partition coefficient (Wildman–Crippen LogP) is 3.73. The molecular weight excluding hydrogens is 718 g/mol. The number of imide groups is 1. The SMILES string of the molecule is COCCOC(=O)N1C(=O)C2(c3cc(C#CCCO)ccc31)C(C(N)=O)C1C(=O)OC(c3ccccc3)C(c3ccccc3)N1C2c1cccc(OCCO)c1. The van der Waals surface area contributed by atoms with Gasteiger partial charge in [0, 0.05) is 19.1 Å².